The van der Waals surface area contributed by atoms with Gasteiger partial charge in [-0.25, -0.2) is 9.78 Å². The van der Waals surface area contributed by atoms with Crippen molar-refractivity contribution in [2.24, 2.45) is 0 Å². The maximum Gasteiger partial charge on any atom is 0.338 e. The first-order valence-corrected chi connectivity index (χ1v) is 7.36. The van der Waals surface area contributed by atoms with E-state index < -0.39 is 5.97 Å². The molecule has 0 aliphatic heterocycles. The maximum absolute atomic E-state index is 12.0. The zero-order valence-electron chi connectivity index (χ0n) is 13.0. The Bertz CT molecular complexity index is 891. The Morgan fingerprint density at radius 2 is 1.88 bits per heavy atom. The van der Waals surface area contributed by atoms with Crippen molar-refractivity contribution in [3.05, 3.63) is 77.2 Å². The highest BCUT2D eigenvalue weighted by Gasteiger charge is 2.14. The number of carbonyl (C=O) groups excluding carboxylic acids is 1. The van der Waals surface area contributed by atoms with Crippen molar-refractivity contribution in [1.29, 1.82) is 5.26 Å². The quantitative estimate of drug-likeness (QED) is 0.682. The third kappa shape index (κ3) is 3.33. The number of hydrogen-bond donors (Lipinski definition) is 0. The third-order valence-electron chi connectivity index (χ3n) is 3.50. The summed E-state index contributed by atoms with van der Waals surface area (Å²) in [4.78, 5) is 16.4. The number of nitriles is 1. The Hall–Kier alpha value is -3.39. The van der Waals surface area contributed by atoms with Gasteiger partial charge in [0.2, 0.25) is 5.89 Å². The van der Waals surface area contributed by atoms with Crippen LogP contribution in [0.3, 0.4) is 0 Å². The average molecular weight is 318 g/mol. The van der Waals surface area contributed by atoms with E-state index >= 15 is 0 Å². The molecule has 3 rings (SSSR count). The lowest BCUT2D eigenvalue weighted by atomic mass is 10.1. The van der Waals surface area contributed by atoms with Gasteiger partial charge in [-0.3, -0.25) is 0 Å². The number of ether oxygens (including phenoxy) is 1. The van der Waals surface area contributed by atoms with Crippen molar-refractivity contribution in [2.75, 3.05) is 0 Å². The molecule has 0 bridgehead atoms. The predicted molar refractivity (Wildman–Crippen MR) is 87.0 cm³/mol. The zero-order chi connectivity index (χ0) is 16.9. The molecule has 0 aliphatic carbocycles. The monoisotopic (exact) mass is 318 g/mol. The smallest absolute Gasteiger partial charge is 0.338 e. The second kappa shape index (κ2) is 6.80. The molecule has 0 aliphatic rings. The highest BCUT2D eigenvalue weighted by Crippen LogP contribution is 2.22. The van der Waals surface area contributed by atoms with Crippen LogP contribution in [-0.4, -0.2) is 11.0 Å². The standard InChI is InChI=1S/C19H14N2O3/c1-13-17(21-18(24-13)15-5-3-2-4-6-15)12-23-19(22)16-9-7-14(11-20)8-10-16/h2-10H,12H2,1H3. The third-order valence-corrected chi connectivity index (χ3v) is 3.50. The lowest BCUT2D eigenvalue weighted by molar-refractivity contribution is 0.0467. The Morgan fingerprint density at radius 3 is 2.54 bits per heavy atom. The number of aryl methyl sites for hydroxylation is 1. The number of rotatable bonds is 4. The Labute approximate surface area is 139 Å². The van der Waals surface area contributed by atoms with Gasteiger partial charge in [0.25, 0.3) is 0 Å². The minimum Gasteiger partial charge on any atom is -0.455 e. The molecule has 0 N–H and O–H groups in total. The topological polar surface area (TPSA) is 76.1 Å². The van der Waals surface area contributed by atoms with E-state index in [0.29, 0.717) is 28.5 Å². The van der Waals surface area contributed by atoms with E-state index in [1.165, 1.54) is 0 Å². The fourth-order valence-corrected chi connectivity index (χ4v) is 2.16. The van der Waals surface area contributed by atoms with Crippen LogP contribution in [0.2, 0.25) is 0 Å². The van der Waals surface area contributed by atoms with Crippen LogP contribution in [0.1, 0.15) is 27.4 Å². The molecule has 0 atom stereocenters. The summed E-state index contributed by atoms with van der Waals surface area (Å²) < 4.78 is 10.9. The number of benzene rings is 2. The van der Waals surface area contributed by atoms with Crippen LogP contribution >= 0.6 is 0 Å². The van der Waals surface area contributed by atoms with Crippen LogP contribution < -0.4 is 0 Å². The van der Waals surface area contributed by atoms with E-state index in [1.54, 1.807) is 31.2 Å². The predicted octanol–water partition coefficient (Wildman–Crippen LogP) is 3.88. The van der Waals surface area contributed by atoms with Gasteiger partial charge in [0.15, 0.2) is 0 Å². The van der Waals surface area contributed by atoms with Crippen LogP contribution in [-0.2, 0) is 11.3 Å². The number of nitrogens with zero attached hydrogens (tertiary/aromatic N) is 2. The number of hydrogen-bond acceptors (Lipinski definition) is 5. The first-order valence-electron chi connectivity index (χ1n) is 7.36. The average Bonchev–Trinajstić information content (AvgIpc) is 3.01. The lowest BCUT2D eigenvalue weighted by Gasteiger charge is -2.03. The largest absolute Gasteiger partial charge is 0.455 e. The number of oxazole rings is 1. The second-order valence-electron chi connectivity index (χ2n) is 5.15. The molecule has 0 radical (unpaired) electrons. The molecule has 0 saturated heterocycles. The molecule has 1 aromatic heterocycles. The van der Waals surface area contributed by atoms with E-state index in [9.17, 15) is 4.79 Å². The van der Waals surface area contributed by atoms with E-state index in [4.69, 9.17) is 14.4 Å². The molecule has 0 saturated carbocycles. The van der Waals surface area contributed by atoms with Crippen molar-refractivity contribution < 1.29 is 13.9 Å². The summed E-state index contributed by atoms with van der Waals surface area (Å²) in [5.41, 5.74) is 2.32. The molecule has 118 valence electrons. The maximum atomic E-state index is 12.0. The van der Waals surface area contributed by atoms with E-state index in [-0.39, 0.29) is 6.61 Å². The van der Waals surface area contributed by atoms with E-state index in [1.807, 2.05) is 36.4 Å². The van der Waals surface area contributed by atoms with E-state index in [0.717, 1.165) is 5.56 Å². The zero-order valence-corrected chi connectivity index (χ0v) is 13.0. The highest BCUT2D eigenvalue weighted by molar-refractivity contribution is 5.89. The van der Waals surface area contributed by atoms with Gasteiger partial charge in [0, 0.05) is 5.56 Å². The second-order valence-corrected chi connectivity index (χ2v) is 5.15. The Kier molecular flexibility index (Phi) is 4.39. The molecule has 0 amide bonds. The summed E-state index contributed by atoms with van der Waals surface area (Å²) in [6.07, 6.45) is 0. The highest BCUT2D eigenvalue weighted by atomic mass is 16.5. The van der Waals surface area contributed by atoms with Gasteiger partial charge < -0.3 is 9.15 Å². The molecule has 0 spiro atoms. The van der Waals surface area contributed by atoms with Crippen LogP contribution in [0.5, 0.6) is 0 Å². The Balaban J connectivity index is 1.69. The lowest BCUT2D eigenvalue weighted by Crippen LogP contribution is -2.06. The summed E-state index contributed by atoms with van der Waals surface area (Å²) in [6, 6.07) is 17.8. The molecule has 2 aromatic carbocycles. The summed E-state index contributed by atoms with van der Waals surface area (Å²) in [5, 5.41) is 8.76. The van der Waals surface area contributed by atoms with Crippen molar-refractivity contribution in [2.45, 2.75) is 13.5 Å². The van der Waals surface area contributed by atoms with Gasteiger partial charge in [-0.2, -0.15) is 5.26 Å². The van der Waals surface area contributed by atoms with Gasteiger partial charge in [-0.05, 0) is 43.3 Å². The summed E-state index contributed by atoms with van der Waals surface area (Å²) in [5.74, 6) is 0.641. The molecule has 5 heteroatoms. The Morgan fingerprint density at radius 1 is 1.17 bits per heavy atom. The molecular weight excluding hydrogens is 304 g/mol. The SMILES string of the molecule is Cc1oc(-c2ccccc2)nc1COC(=O)c1ccc(C#N)cc1. The fraction of sp³-hybridized carbons (Fsp3) is 0.105. The van der Waals surface area contributed by atoms with Crippen LogP contribution in [0.4, 0.5) is 0 Å². The normalized spacial score (nSPS) is 10.2. The first kappa shape index (κ1) is 15.5. The molecular formula is C19H14N2O3. The fourth-order valence-electron chi connectivity index (χ4n) is 2.16. The van der Waals surface area contributed by atoms with Gasteiger partial charge >= 0.3 is 5.97 Å². The van der Waals surface area contributed by atoms with Crippen molar-refractivity contribution in [3.8, 4) is 17.5 Å². The van der Waals surface area contributed by atoms with Crippen LogP contribution in [0, 0.1) is 18.3 Å². The molecule has 5 nitrogen and oxygen atoms in total. The number of esters is 1. The minimum absolute atomic E-state index is 0.0288. The van der Waals surface area contributed by atoms with Gasteiger partial charge in [0.1, 0.15) is 18.1 Å². The molecule has 24 heavy (non-hydrogen) atoms. The molecule has 1 heterocycles. The molecule has 0 unspecified atom stereocenters. The van der Waals surface area contributed by atoms with Crippen molar-refractivity contribution >= 4 is 5.97 Å². The van der Waals surface area contributed by atoms with Gasteiger partial charge in [-0.15, -0.1) is 0 Å². The van der Waals surface area contributed by atoms with Gasteiger partial charge in [-0.1, -0.05) is 18.2 Å². The summed E-state index contributed by atoms with van der Waals surface area (Å²) in [6.45, 7) is 1.81. The van der Waals surface area contributed by atoms with Crippen molar-refractivity contribution in [3.63, 3.8) is 0 Å². The first-order chi connectivity index (χ1) is 11.7. The minimum atomic E-state index is -0.469. The number of carbonyl (C=O) groups is 1. The van der Waals surface area contributed by atoms with Crippen LogP contribution in [0.25, 0.3) is 11.5 Å². The van der Waals surface area contributed by atoms with Crippen molar-refractivity contribution in [1.82, 2.24) is 4.98 Å². The van der Waals surface area contributed by atoms with Gasteiger partial charge in [0.05, 0.1) is 17.2 Å². The molecule has 3 aromatic rings. The van der Waals surface area contributed by atoms with Crippen LogP contribution in [0.15, 0.2) is 59.0 Å². The summed E-state index contributed by atoms with van der Waals surface area (Å²) >= 11 is 0. The number of aromatic nitrogens is 1. The summed E-state index contributed by atoms with van der Waals surface area (Å²) in [7, 11) is 0. The molecule has 0 fully saturated rings. The van der Waals surface area contributed by atoms with E-state index in [2.05, 4.69) is 4.98 Å².